The van der Waals surface area contributed by atoms with Crippen LogP contribution in [0.25, 0.3) is 0 Å². The van der Waals surface area contributed by atoms with Crippen LogP contribution in [0.4, 0.5) is 0 Å². The molecule has 0 saturated heterocycles. The monoisotopic (exact) mass is 238 g/mol. The van der Waals surface area contributed by atoms with Gasteiger partial charge < -0.3 is 8.85 Å². The van der Waals surface area contributed by atoms with Gasteiger partial charge in [0.2, 0.25) is 0 Å². The van der Waals surface area contributed by atoms with Gasteiger partial charge in [-0.2, -0.15) is 0 Å². The third-order valence-electron chi connectivity index (χ3n) is 2.58. The van der Waals surface area contributed by atoms with E-state index < -0.39 is 15.7 Å². The van der Waals surface area contributed by atoms with Gasteiger partial charge in [0.1, 0.15) is 7.59 Å². The molecule has 0 saturated carbocycles. The van der Waals surface area contributed by atoms with Crippen LogP contribution < -0.4 is 0 Å². The normalized spacial score (nSPS) is 15.9. The minimum absolute atomic E-state index is 0.508. The lowest BCUT2D eigenvalue weighted by Gasteiger charge is -2.41. The van der Waals surface area contributed by atoms with Crippen molar-refractivity contribution in [2.24, 2.45) is 0 Å². The van der Waals surface area contributed by atoms with Crippen LogP contribution in [0.1, 0.15) is 13.3 Å². The molecule has 0 radical (unpaired) electrons. The van der Waals surface area contributed by atoms with E-state index in [2.05, 4.69) is 35.8 Å². The molecule has 0 bridgehead atoms. The second-order valence-electron chi connectivity index (χ2n) is 4.34. The molecule has 2 atom stereocenters. The first-order valence-corrected chi connectivity index (χ1v) is 11.8. The Morgan fingerprint density at radius 2 is 1.54 bits per heavy atom. The fourth-order valence-corrected chi connectivity index (χ4v) is 18.4. The second kappa shape index (κ2) is 5.03. The summed E-state index contributed by atoms with van der Waals surface area (Å²) in [7, 11) is 3.22. The lowest BCUT2D eigenvalue weighted by atomic mass is 10.6. The van der Waals surface area contributed by atoms with Crippen LogP contribution in [0.2, 0.25) is 19.6 Å². The van der Waals surface area contributed by atoms with Crippen LogP contribution >= 0.6 is 9.24 Å². The average Bonchev–Trinajstić information content (AvgIpc) is 2.04. The van der Waals surface area contributed by atoms with Crippen molar-refractivity contribution in [3.05, 3.63) is 0 Å². The van der Waals surface area contributed by atoms with Gasteiger partial charge in [0.25, 0.3) is 0 Å². The standard InChI is InChI=1S/C8H23O2PSi2/c1-7-8(11)13(9-2,10-3)12(4,5)6/h8H,7,11H2,1-6H3. The van der Waals surface area contributed by atoms with Crippen molar-refractivity contribution in [1.29, 1.82) is 0 Å². The Morgan fingerprint density at radius 1 is 1.15 bits per heavy atom. The summed E-state index contributed by atoms with van der Waals surface area (Å²) in [5, 5.41) is 0.508. The highest BCUT2D eigenvalue weighted by Gasteiger charge is 2.52. The van der Waals surface area contributed by atoms with Gasteiger partial charge in [0.05, 0.1) is 0 Å². The van der Waals surface area contributed by atoms with Crippen LogP contribution in [0.5, 0.6) is 0 Å². The van der Waals surface area contributed by atoms with Crippen LogP contribution in [0.3, 0.4) is 0 Å². The third-order valence-corrected chi connectivity index (χ3v) is 18.7. The lowest BCUT2D eigenvalue weighted by Crippen LogP contribution is -2.66. The molecule has 0 aliphatic carbocycles. The Morgan fingerprint density at radius 3 is 1.62 bits per heavy atom. The zero-order chi connectivity index (χ0) is 10.7. The molecule has 2 unspecified atom stereocenters. The first kappa shape index (κ1) is 13.8. The maximum absolute atomic E-state index is 5.76. The minimum atomic E-state index is -1.95. The molecule has 0 heterocycles. The van der Waals surface area contributed by atoms with Gasteiger partial charge in [0, 0.05) is 19.5 Å². The van der Waals surface area contributed by atoms with Crippen molar-refractivity contribution in [2.45, 2.75) is 38.3 Å². The molecular formula is C8H23O2PSi2. The number of hydrogen-bond acceptors (Lipinski definition) is 2. The van der Waals surface area contributed by atoms with E-state index in [0.29, 0.717) is 5.28 Å². The maximum atomic E-state index is 5.76. The van der Waals surface area contributed by atoms with Crippen molar-refractivity contribution in [3.8, 4) is 0 Å². The second-order valence-corrected chi connectivity index (χ2v) is 19.8. The smallest absolute Gasteiger partial charge is 0.322 e. The fraction of sp³-hybridized carbons (Fsp3) is 1.00. The van der Waals surface area contributed by atoms with E-state index in [9.17, 15) is 0 Å². The first-order valence-electron chi connectivity index (χ1n) is 4.71. The van der Waals surface area contributed by atoms with Gasteiger partial charge in [-0.3, -0.25) is 0 Å². The zero-order valence-electron chi connectivity index (χ0n) is 9.68. The highest BCUT2D eigenvalue weighted by molar-refractivity contribution is 7.44. The third kappa shape index (κ3) is 2.63. The van der Waals surface area contributed by atoms with E-state index >= 15 is 0 Å². The topological polar surface area (TPSA) is 18.5 Å². The summed E-state index contributed by atoms with van der Waals surface area (Å²) in [6.07, 6.45) is 1.11. The van der Waals surface area contributed by atoms with E-state index in [0.717, 1.165) is 6.42 Å². The van der Waals surface area contributed by atoms with Crippen LogP contribution in [-0.4, -0.2) is 35.2 Å². The highest BCUT2D eigenvalue weighted by atomic mass is 31.0. The molecule has 5 heteroatoms. The van der Waals surface area contributed by atoms with Gasteiger partial charge in [-0.15, -0.1) is 9.24 Å². The summed E-state index contributed by atoms with van der Waals surface area (Å²) in [5.74, 6) is 0. The van der Waals surface area contributed by atoms with E-state index in [1.807, 2.05) is 0 Å². The summed E-state index contributed by atoms with van der Waals surface area (Å²) < 4.78 is 11.5. The van der Waals surface area contributed by atoms with E-state index in [-0.39, 0.29) is 0 Å². The number of rotatable bonds is 5. The molecule has 0 aromatic rings. The Hall–Kier alpha value is 0.784. The first-order chi connectivity index (χ1) is 5.85. The summed E-state index contributed by atoms with van der Waals surface area (Å²) in [6, 6.07) is 0. The van der Waals surface area contributed by atoms with E-state index in [4.69, 9.17) is 8.85 Å². The maximum Gasteiger partial charge on any atom is 0.322 e. The molecule has 0 fully saturated rings. The average molecular weight is 238 g/mol. The Bertz CT molecular complexity index is 155. The minimum Gasteiger partial charge on any atom is -0.400 e. The van der Waals surface area contributed by atoms with Gasteiger partial charge in [-0.1, -0.05) is 26.6 Å². The lowest BCUT2D eigenvalue weighted by molar-refractivity contribution is 0.259. The molecule has 0 aromatic carbocycles. The van der Waals surface area contributed by atoms with Crippen molar-refractivity contribution in [3.63, 3.8) is 0 Å². The highest BCUT2D eigenvalue weighted by Crippen LogP contribution is 2.30. The van der Waals surface area contributed by atoms with Crippen molar-refractivity contribution in [1.82, 2.24) is 0 Å². The van der Waals surface area contributed by atoms with Crippen LogP contribution in [-0.2, 0) is 8.85 Å². The number of hydrogen-bond donors (Lipinski definition) is 0. The van der Waals surface area contributed by atoms with Gasteiger partial charge in [-0.25, -0.2) is 0 Å². The fourth-order valence-electron chi connectivity index (χ4n) is 1.82. The van der Waals surface area contributed by atoms with Crippen molar-refractivity contribution >= 4 is 24.9 Å². The summed E-state index contributed by atoms with van der Waals surface area (Å²) in [4.78, 5) is 0. The van der Waals surface area contributed by atoms with E-state index in [1.54, 1.807) is 14.2 Å². The zero-order valence-corrected chi connectivity index (χ0v) is 12.8. The summed E-state index contributed by atoms with van der Waals surface area (Å²) >= 11 is 0. The van der Waals surface area contributed by atoms with Crippen LogP contribution in [0, 0.1) is 0 Å². The Kier molecular flexibility index (Phi) is 5.33. The Labute approximate surface area is 86.6 Å². The van der Waals surface area contributed by atoms with Gasteiger partial charge >= 0.3 is 8.08 Å². The van der Waals surface area contributed by atoms with Gasteiger partial charge in [0.15, 0.2) is 0 Å². The summed E-state index contributed by atoms with van der Waals surface area (Å²) in [6.45, 7) is 9.19. The SMILES string of the molecule is CCC(P)[Si](OC)(OC)[Si](C)(C)C. The predicted octanol–water partition coefficient (Wildman–Crippen LogP) is 2.33. The largest absolute Gasteiger partial charge is 0.400 e. The molecule has 2 nitrogen and oxygen atoms in total. The molecular weight excluding hydrogens is 215 g/mol. The predicted molar refractivity (Wildman–Crippen MR) is 66.9 cm³/mol. The van der Waals surface area contributed by atoms with Crippen molar-refractivity contribution < 1.29 is 8.85 Å². The molecule has 0 N–H and O–H groups in total. The molecule has 0 spiro atoms. The molecule has 80 valence electrons. The molecule has 0 aliphatic rings. The molecule has 0 rings (SSSR count). The van der Waals surface area contributed by atoms with Crippen molar-refractivity contribution in [2.75, 3.05) is 14.2 Å². The Balaban J connectivity index is 4.91. The molecule has 0 aromatic heterocycles. The van der Waals surface area contributed by atoms with E-state index in [1.165, 1.54) is 0 Å². The van der Waals surface area contributed by atoms with Gasteiger partial charge in [-0.05, 0) is 6.42 Å². The molecule has 13 heavy (non-hydrogen) atoms. The summed E-state index contributed by atoms with van der Waals surface area (Å²) in [5.41, 5.74) is 0. The molecule has 0 amide bonds. The van der Waals surface area contributed by atoms with Crippen LogP contribution in [0.15, 0.2) is 0 Å². The quantitative estimate of drug-likeness (QED) is 0.540. The molecule has 0 aliphatic heterocycles.